The van der Waals surface area contributed by atoms with E-state index in [1.54, 1.807) is 37.2 Å². The van der Waals surface area contributed by atoms with Crippen LogP contribution in [0.2, 0.25) is 0 Å². The summed E-state index contributed by atoms with van der Waals surface area (Å²) in [5.41, 5.74) is 4.18. The number of hydrogen-bond acceptors (Lipinski definition) is 7. The van der Waals surface area contributed by atoms with Crippen LogP contribution in [0.4, 0.5) is 5.69 Å². The van der Waals surface area contributed by atoms with Crippen LogP contribution in [0.3, 0.4) is 0 Å². The minimum Gasteiger partial charge on any atom is -0.493 e. The third-order valence-electron chi connectivity index (χ3n) is 5.44. The van der Waals surface area contributed by atoms with Gasteiger partial charge in [0.25, 0.3) is 5.56 Å². The number of anilines is 1. The van der Waals surface area contributed by atoms with E-state index in [2.05, 4.69) is 30.4 Å². The molecular weight excluding hydrogens is 422 g/mol. The molecule has 10 heteroatoms. The van der Waals surface area contributed by atoms with Crippen molar-refractivity contribution in [3.05, 3.63) is 58.8 Å². The molecule has 0 radical (unpaired) electrons. The van der Waals surface area contributed by atoms with Crippen LogP contribution in [-0.4, -0.2) is 43.9 Å². The van der Waals surface area contributed by atoms with Gasteiger partial charge in [-0.3, -0.25) is 14.5 Å². The first-order chi connectivity index (χ1) is 16.1. The maximum Gasteiger partial charge on any atom is 0.261 e. The third-order valence-corrected chi connectivity index (χ3v) is 5.44. The topological polar surface area (TPSA) is 123 Å². The minimum atomic E-state index is -0.278. The molecule has 10 nitrogen and oxygen atoms in total. The van der Waals surface area contributed by atoms with Crippen LogP contribution in [-0.2, 0) is 13.1 Å². The van der Waals surface area contributed by atoms with Gasteiger partial charge in [-0.25, -0.2) is 4.98 Å². The number of benzene rings is 1. The van der Waals surface area contributed by atoms with Gasteiger partial charge in [0.05, 0.1) is 48.7 Å². The number of nitrogens with one attached hydrogen (secondary N) is 3. The van der Waals surface area contributed by atoms with Crippen molar-refractivity contribution in [3.8, 4) is 22.9 Å². The van der Waals surface area contributed by atoms with Gasteiger partial charge in [-0.15, -0.1) is 0 Å². The molecule has 3 N–H and O–H groups in total. The molecule has 0 atom stereocenters. The maximum atomic E-state index is 13.2. The van der Waals surface area contributed by atoms with E-state index in [0.29, 0.717) is 58.2 Å². The first-order valence-corrected chi connectivity index (χ1v) is 10.5. The lowest BCUT2D eigenvalue weighted by atomic mass is 10.1. The van der Waals surface area contributed by atoms with E-state index < -0.39 is 0 Å². The smallest absolute Gasteiger partial charge is 0.261 e. The van der Waals surface area contributed by atoms with Crippen LogP contribution in [0.5, 0.6) is 11.5 Å². The van der Waals surface area contributed by atoms with Crippen molar-refractivity contribution in [1.82, 2.24) is 29.7 Å². The number of pyridine rings is 2. The molecule has 0 saturated heterocycles. The Balaban J connectivity index is 1.69. The van der Waals surface area contributed by atoms with Crippen molar-refractivity contribution < 1.29 is 9.47 Å². The Morgan fingerprint density at radius 1 is 1.09 bits per heavy atom. The van der Waals surface area contributed by atoms with Crippen LogP contribution in [0.1, 0.15) is 12.6 Å². The van der Waals surface area contributed by atoms with E-state index in [-0.39, 0.29) is 5.56 Å². The minimum absolute atomic E-state index is 0.278. The molecule has 5 aromatic rings. The number of aromatic amines is 2. The van der Waals surface area contributed by atoms with Gasteiger partial charge in [-0.2, -0.15) is 5.10 Å². The molecule has 0 spiro atoms. The molecule has 4 heterocycles. The summed E-state index contributed by atoms with van der Waals surface area (Å²) in [5.74, 6) is 1.54. The Kier molecular flexibility index (Phi) is 5.17. The highest BCUT2D eigenvalue weighted by atomic mass is 16.5. The lowest BCUT2D eigenvalue weighted by molar-refractivity contribution is 0.356. The van der Waals surface area contributed by atoms with Crippen molar-refractivity contribution >= 4 is 27.8 Å². The summed E-state index contributed by atoms with van der Waals surface area (Å²) in [6.07, 6.45) is 3.55. The Hall–Kier alpha value is -4.34. The summed E-state index contributed by atoms with van der Waals surface area (Å²) in [5, 5.41) is 8.03. The number of fused-ring (bicyclic) bond motifs is 2. The quantitative estimate of drug-likeness (QED) is 0.351. The normalized spacial score (nSPS) is 11.2. The highest BCUT2D eigenvalue weighted by Crippen LogP contribution is 2.34. The number of rotatable bonds is 7. The number of ether oxygens (including phenoxy) is 2. The van der Waals surface area contributed by atoms with Crippen molar-refractivity contribution in [2.45, 2.75) is 20.0 Å². The van der Waals surface area contributed by atoms with Gasteiger partial charge in [0.2, 0.25) is 0 Å². The Morgan fingerprint density at radius 3 is 2.64 bits per heavy atom. The first-order valence-electron chi connectivity index (χ1n) is 10.5. The average molecular weight is 445 g/mol. The van der Waals surface area contributed by atoms with E-state index in [1.165, 1.54) is 0 Å². The van der Waals surface area contributed by atoms with Gasteiger partial charge in [-0.1, -0.05) is 6.07 Å². The second-order valence-corrected chi connectivity index (χ2v) is 7.44. The molecule has 0 amide bonds. The van der Waals surface area contributed by atoms with Gasteiger partial charge < -0.3 is 24.8 Å². The standard InChI is InChI=1S/C23H23N7O3/c1-4-30-12-16-20(29-30)21(25-11-13-7-5-6-8-24-13)19(23(31)28-16)22-26-14-9-17(32-2)18(33-3)10-15(14)27-22/h5-10,12,25H,4,11H2,1-3H3,(H,26,27)(H,28,31). The van der Waals surface area contributed by atoms with Crippen molar-refractivity contribution in [1.29, 1.82) is 0 Å². The van der Waals surface area contributed by atoms with Gasteiger partial charge in [0.1, 0.15) is 16.9 Å². The van der Waals surface area contributed by atoms with E-state index in [4.69, 9.17) is 9.47 Å². The number of imidazole rings is 1. The lowest BCUT2D eigenvalue weighted by Crippen LogP contribution is -2.14. The van der Waals surface area contributed by atoms with Crippen LogP contribution in [0.15, 0.2) is 47.5 Å². The number of H-pyrrole nitrogens is 2. The zero-order valence-corrected chi connectivity index (χ0v) is 18.5. The molecule has 33 heavy (non-hydrogen) atoms. The lowest BCUT2D eigenvalue weighted by Gasteiger charge is -2.10. The monoisotopic (exact) mass is 445 g/mol. The van der Waals surface area contributed by atoms with E-state index in [1.807, 2.05) is 31.3 Å². The number of aryl methyl sites for hydroxylation is 1. The predicted octanol–water partition coefficient (Wildman–Crippen LogP) is 3.31. The van der Waals surface area contributed by atoms with Crippen LogP contribution in [0, 0.1) is 0 Å². The molecule has 0 saturated carbocycles. The molecule has 0 aliphatic heterocycles. The Bertz CT molecular complexity index is 1460. The second kappa shape index (κ2) is 8.30. The summed E-state index contributed by atoms with van der Waals surface area (Å²) in [4.78, 5) is 28.5. The number of hydrogen-bond donors (Lipinski definition) is 3. The molecule has 0 unspecified atom stereocenters. The van der Waals surface area contributed by atoms with Crippen LogP contribution in [0.25, 0.3) is 33.5 Å². The number of methoxy groups -OCH3 is 2. The van der Waals surface area contributed by atoms with E-state index in [9.17, 15) is 4.79 Å². The fourth-order valence-corrected chi connectivity index (χ4v) is 3.81. The molecule has 1 aromatic carbocycles. The summed E-state index contributed by atoms with van der Waals surface area (Å²) >= 11 is 0. The van der Waals surface area contributed by atoms with Gasteiger partial charge in [0.15, 0.2) is 11.5 Å². The third kappa shape index (κ3) is 3.65. The molecule has 0 aliphatic rings. The molecule has 5 rings (SSSR count). The second-order valence-electron chi connectivity index (χ2n) is 7.44. The average Bonchev–Trinajstić information content (AvgIpc) is 3.44. The van der Waals surface area contributed by atoms with Gasteiger partial charge in [-0.05, 0) is 19.1 Å². The predicted molar refractivity (Wildman–Crippen MR) is 126 cm³/mol. The highest BCUT2D eigenvalue weighted by Gasteiger charge is 2.21. The fraction of sp³-hybridized carbons (Fsp3) is 0.217. The first kappa shape index (κ1) is 20.6. The molecule has 0 fully saturated rings. The number of nitrogens with zero attached hydrogens (tertiary/aromatic N) is 4. The van der Waals surface area contributed by atoms with Gasteiger partial charge in [0, 0.05) is 31.1 Å². The van der Waals surface area contributed by atoms with Crippen LogP contribution < -0.4 is 20.3 Å². The molecule has 0 bridgehead atoms. The zero-order valence-electron chi connectivity index (χ0n) is 18.5. The summed E-state index contributed by atoms with van der Waals surface area (Å²) in [6.45, 7) is 3.09. The number of aromatic nitrogens is 6. The van der Waals surface area contributed by atoms with E-state index in [0.717, 1.165) is 11.2 Å². The van der Waals surface area contributed by atoms with E-state index >= 15 is 0 Å². The maximum absolute atomic E-state index is 13.2. The summed E-state index contributed by atoms with van der Waals surface area (Å²) in [7, 11) is 3.14. The molecule has 168 valence electrons. The molecule has 4 aromatic heterocycles. The van der Waals surface area contributed by atoms with Gasteiger partial charge >= 0.3 is 0 Å². The summed E-state index contributed by atoms with van der Waals surface area (Å²) in [6, 6.07) is 9.27. The SMILES string of the molecule is CCn1cc2[nH]c(=O)c(-c3nc4cc(OC)c(OC)cc4[nH]3)c(NCc3ccccn3)c2n1. The molecule has 0 aliphatic carbocycles. The summed E-state index contributed by atoms with van der Waals surface area (Å²) < 4.78 is 12.6. The Morgan fingerprint density at radius 2 is 1.91 bits per heavy atom. The zero-order chi connectivity index (χ0) is 22.9. The van der Waals surface area contributed by atoms with Crippen molar-refractivity contribution in [2.75, 3.05) is 19.5 Å². The highest BCUT2D eigenvalue weighted by molar-refractivity contribution is 5.96. The van der Waals surface area contributed by atoms with Crippen molar-refractivity contribution in [2.24, 2.45) is 0 Å². The van der Waals surface area contributed by atoms with Crippen molar-refractivity contribution in [3.63, 3.8) is 0 Å². The fourth-order valence-electron chi connectivity index (χ4n) is 3.81. The van der Waals surface area contributed by atoms with Crippen LogP contribution >= 0.6 is 0 Å². The molecular formula is C23H23N7O3. The largest absolute Gasteiger partial charge is 0.493 e. The Labute approximate surface area is 188 Å².